The largest absolute Gasteiger partial charge is 0.492 e. The van der Waals surface area contributed by atoms with Gasteiger partial charge in [-0.15, -0.1) is 0 Å². The molecule has 2 N–H and O–H groups in total. The topological polar surface area (TPSA) is 104 Å². The van der Waals surface area contributed by atoms with Crippen molar-refractivity contribution in [1.29, 1.82) is 0 Å². The Balaban J connectivity index is 2.13. The second-order valence-corrected chi connectivity index (χ2v) is 11.8. The number of carbonyl (C=O) groups excluding carboxylic acids is 1. The molecule has 3 aromatic rings. The van der Waals surface area contributed by atoms with Crippen LogP contribution in [0, 0.1) is 20.8 Å². The minimum Gasteiger partial charge on any atom is -0.492 e. The number of rotatable bonds is 7. The van der Waals surface area contributed by atoms with Crippen molar-refractivity contribution in [2.75, 3.05) is 18.6 Å². The Morgan fingerprint density at radius 2 is 1.71 bits per heavy atom. The predicted octanol–water partition coefficient (Wildman–Crippen LogP) is 4.40. The predicted molar refractivity (Wildman–Crippen MR) is 134 cm³/mol. The van der Waals surface area contributed by atoms with Crippen molar-refractivity contribution in [1.82, 2.24) is 9.78 Å². The van der Waals surface area contributed by atoms with E-state index in [1.807, 2.05) is 41.5 Å². The number of carbonyl (C=O) groups is 1. The highest BCUT2D eigenvalue weighted by molar-refractivity contribution is 7.92. The second kappa shape index (κ2) is 9.25. The first-order valence-corrected chi connectivity index (χ1v) is 12.7. The summed E-state index contributed by atoms with van der Waals surface area (Å²) in [7, 11) is -2.44. The van der Waals surface area contributed by atoms with E-state index in [1.54, 1.807) is 16.8 Å². The molecular weight excluding hydrogens is 450 g/mol. The first-order chi connectivity index (χ1) is 15.7. The Hall–Kier alpha value is -3.13. The third-order valence-corrected chi connectivity index (χ3v) is 7.39. The van der Waals surface area contributed by atoms with Gasteiger partial charge >= 0.3 is 0 Å². The molecule has 182 valence electrons. The molecule has 2 aromatic carbocycles. The van der Waals surface area contributed by atoms with E-state index in [0.717, 1.165) is 22.3 Å². The molecule has 8 heteroatoms. The number of Topliss-reactive ketones (excluding diaryl/α,β-unsaturated/α-hetero) is 1. The van der Waals surface area contributed by atoms with Crippen molar-refractivity contribution in [3.8, 4) is 5.75 Å². The standard InChI is InChI=1S/C26H33N3O4S/c1-16-11-17(2)21(18(3)12-16)14-29-23(24(33-7)25(28-29)26(4,5)6)22(30)15-34(31,32)20-10-8-9-19(27)13-20/h8-13H,14-15,27H2,1-7H3. The zero-order valence-corrected chi connectivity index (χ0v) is 21.7. The number of hydrogen-bond acceptors (Lipinski definition) is 6. The van der Waals surface area contributed by atoms with E-state index in [9.17, 15) is 13.2 Å². The smallest absolute Gasteiger partial charge is 0.200 e. The first-order valence-electron chi connectivity index (χ1n) is 11.1. The number of ketones is 1. The highest BCUT2D eigenvalue weighted by atomic mass is 32.2. The van der Waals surface area contributed by atoms with Crippen LogP contribution in [0.5, 0.6) is 5.75 Å². The summed E-state index contributed by atoms with van der Waals surface area (Å²) in [6, 6.07) is 10.1. The van der Waals surface area contributed by atoms with Gasteiger partial charge in [-0.25, -0.2) is 8.42 Å². The minimum atomic E-state index is -3.92. The van der Waals surface area contributed by atoms with Crippen LogP contribution in [0.15, 0.2) is 41.3 Å². The fraction of sp³-hybridized carbons (Fsp3) is 0.385. The van der Waals surface area contributed by atoms with Crippen molar-refractivity contribution in [2.24, 2.45) is 0 Å². The third kappa shape index (κ3) is 5.17. The summed E-state index contributed by atoms with van der Waals surface area (Å²) < 4.78 is 33.3. The maximum Gasteiger partial charge on any atom is 0.200 e. The molecule has 0 saturated carbocycles. The van der Waals surface area contributed by atoms with Crippen molar-refractivity contribution in [3.05, 3.63) is 70.0 Å². The molecule has 0 fully saturated rings. The van der Waals surface area contributed by atoms with Gasteiger partial charge in [-0.1, -0.05) is 44.5 Å². The molecule has 0 radical (unpaired) electrons. The van der Waals surface area contributed by atoms with Crippen LogP contribution >= 0.6 is 0 Å². The lowest BCUT2D eigenvalue weighted by Gasteiger charge is -2.16. The van der Waals surface area contributed by atoms with Crippen molar-refractivity contribution < 1.29 is 17.9 Å². The molecule has 1 aromatic heterocycles. The normalized spacial score (nSPS) is 12.1. The molecule has 7 nitrogen and oxygen atoms in total. The lowest BCUT2D eigenvalue weighted by molar-refractivity contribution is 0.100. The Morgan fingerprint density at radius 1 is 1.09 bits per heavy atom. The van der Waals surface area contributed by atoms with E-state index in [-0.39, 0.29) is 10.6 Å². The molecule has 0 spiro atoms. The number of aromatic nitrogens is 2. The number of ether oxygens (including phenoxy) is 1. The van der Waals surface area contributed by atoms with Gasteiger partial charge in [0.2, 0.25) is 0 Å². The zero-order valence-electron chi connectivity index (χ0n) is 20.9. The van der Waals surface area contributed by atoms with Gasteiger partial charge in [0.15, 0.2) is 21.4 Å². The Kier molecular flexibility index (Phi) is 6.94. The van der Waals surface area contributed by atoms with E-state index in [1.165, 1.54) is 19.2 Å². The van der Waals surface area contributed by atoms with Gasteiger partial charge in [-0.3, -0.25) is 9.48 Å². The Labute approximate surface area is 201 Å². The fourth-order valence-corrected chi connectivity index (χ4v) is 5.41. The second-order valence-electron chi connectivity index (χ2n) is 9.77. The summed E-state index contributed by atoms with van der Waals surface area (Å²) in [6.45, 7) is 12.3. The van der Waals surface area contributed by atoms with Crippen LogP contribution < -0.4 is 10.5 Å². The molecule has 0 atom stereocenters. The van der Waals surface area contributed by atoms with Crippen LogP contribution in [0.3, 0.4) is 0 Å². The van der Waals surface area contributed by atoms with Crippen LogP contribution in [0.4, 0.5) is 5.69 Å². The Bertz CT molecular complexity index is 1330. The van der Waals surface area contributed by atoms with Crippen molar-refractivity contribution >= 4 is 21.3 Å². The average molecular weight is 484 g/mol. The molecule has 0 unspecified atom stereocenters. The summed E-state index contributed by atoms with van der Waals surface area (Å²) in [5.74, 6) is -0.985. The van der Waals surface area contributed by atoms with Gasteiger partial charge in [0, 0.05) is 11.1 Å². The van der Waals surface area contributed by atoms with Gasteiger partial charge < -0.3 is 10.5 Å². The van der Waals surface area contributed by atoms with Crippen molar-refractivity contribution in [2.45, 2.75) is 58.4 Å². The lowest BCUT2D eigenvalue weighted by atomic mass is 9.91. The van der Waals surface area contributed by atoms with Gasteiger partial charge in [0.05, 0.1) is 18.6 Å². The molecule has 0 bridgehead atoms. The highest BCUT2D eigenvalue weighted by Crippen LogP contribution is 2.35. The van der Waals surface area contributed by atoms with Crippen LogP contribution in [-0.2, 0) is 21.8 Å². The quantitative estimate of drug-likeness (QED) is 0.394. The van der Waals surface area contributed by atoms with E-state index < -0.39 is 26.8 Å². The molecule has 3 rings (SSSR count). The molecule has 0 aliphatic rings. The monoisotopic (exact) mass is 483 g/mol. The number of hydrogen-bond donors (Lipinski definition) is 1. The van der Waals surface area contributed by atoms with Crippen LogP contribution in [0.2, 0.25) is 0 Å². The summed E-state index contributed by atoms with van der Waals surface area (Å²) in [6.07, 6.45) is 0. The number of methoxy groups -OCH3 is 1. The highest BCUT2D eigenvalue weighted by Gasteiger charge is 2.33. The molecular formula is C26H33N3O4S. The number of anilines is 1. The average Bonchev–Trinajstić information content (AvgIpc) is 3.09. The summed E-state index contributed by atoms with van der Waals surface area (Å²) >= 11 is 0. The number of nitrogen functional groups attached to an aromatic ring is 1. The fourth-order valence-electron chi connectivity index (χ4n) is 4.16. The molecule has 34 heavy (non-hydrogen) atoms. The number of nitrogens with two attached hydrogens (primary N) is 1. The first kappa shape index (κ1) is 25.5. The molecule has 0 aliphatic carbocycles. The zero-order chi connectivity index (χ0) is 25.4. The van der Waals surface area contributed by atoms with Crippen LogP contribution in [0.25, 0.3) is 0 Å². The van der Waals surface area contributed by atoms with E-state index in [2.05, 4.69) is 12.1 Å². The number of sulfone groups is 1. The van der Waals surface area contributed by atoms with E-state index >= 15 is 0 Å². The maximum absolute atomic E-state index is 13.5. The minimum absolute atomic E-state index is 0.00662. The molecule has 0 saturated heterocycles. The van der Waals surface area contributed by atoms with Crippen molar-refractivity contribution in [3.63, 3.8) is 0 Å². The summed E-state index contributed by atoms with van der Waals surface area (Å²) in [4.78, 5) is 13.5. The number of aryl methyl sites for hydroxylation is 3. The number of benzene rings is 2. The SMILES string of the molecule is COc1c(C(C)(C)C)nn(Cc2c(C)cc(C)cc2C)c1C(=O)CS(=O)(=O)c1cccc(N)c1. The van der Waals surface area contributed by atoms with E-state index in [0.29, 0.717) is 23.7 Å². The Morgan fingerprint density at radius 3 is 2.24 bits per heavy atom. The van der Waals surface area contributed by atoms with E-state index in [4.69, 9.17) is 15.6 Å². The van der Waals surface area contributed by atoms with Gasteiger partial charge in [-0.05, 0) is 55.7 Å². The van der Waals surface area contributed by atoms with Crippen LogP contribution in [-0.4, -0.2) is 36.8 Å². The molecule has 0 aliphatic heterocycles. The van der Waals surface area contributed by atoms with Crippen LogP contribution in [0.1, 0.15) is 59.2 Å². The van der Waals surface area contributed by atoms with Gasteiger partial charge in [0.25, 0.3) is 0 Å². The number of nitrogens with zero attached hydrogens (tertiary/aromatic N) is 2. The summed E-state index contributed by atoms with van der Waals surface area (Å²) in [5.41, 5.74) is 10.7. The third-order valence-electron chi connectivity index (χ3n) is 5.77. The molecule has 1 heterocycles. The molecule has 0 amide bonds. The lowest BCUT2D eigenvalue weighted by Crippen LogP contribution is -2.21. The maximum atomic E-state index is 13.5. The van der Waals surface area contributed by atoms with Gasteiger partial charge in [0.1, 0.15) is 17.1 Å². The summed E-state index contributed by atoms with van der Waals surface area (Å²) in [5, 5.41) is 4.75. The van der Waals surface area contributed by atoms with Gasteiger partial charge in [-0.2, -0.15) is 5.10 Å².